The van der Waals surface area contributed by atoms with Crippen molar-refractivity contribution in [3.8, 4) is 0 Å². The summed E-state index contributed by atoms with van der Waals surface area (Å²) in [7, 11) is 0. The summed E-state index contributed by atoms with van der Waals surface area (Å²) in [6.45, 7) is 11.0. The Kier molecular flexibility index (Phi) is 5.40. The zero-order valence-electron chi connectivity index (χ0n) is 12.5. The second kappa shape index (κ2) is 6.38. The van der Waals surface area contributed by atoms with Gasteiger partial charge >= 0.3 is 0 Å². The van der Waals surface area contributed by atoms with Gasteiger partial charge in [-0.15, -0.1) is 0 Å². The van der Waals surface area contributed by atoms with Crippen molar-refractivity contribution in [2.75, 3.05) is 0 Å². The molecule has 1 rings (SSSR count). The van der Waals surface area contributed by atoms with Crippen LogP contribution in [0.15, 0.2) is 24.3 Å². The van der Waals surface area contributed by atoms with Gasteiger partial charge in [-0.2, -0.15) is 0 Å². The standard InChI is InChI=1S/C17H28O/c1-13(2)12-16(18)11-8-14-6-9-15(10-7-14)17(3,4)5/h6-7,9-10,13,16,18H,8,11-12H2,1-5H3. The van der Waals surface area contributed by atoms with E-state index in [9.17, 15) is 5.11 Å². The number of aliphatic hydroxyl groups excluding tert-OH is 1. The van der Waals surface area contributed by atoms with Crippen molar-refractivity contribution in [1.82, 2.24) is 0 Å². The van der Waals surface area contributed by atoms with E-state index in [1.807, 2.05) is 0 Å². The molecular weight excluding hydrogens is 220 g/mol. The third kappa shape index (κ3) is 5.22. The Bertz CT molecular complexity index is 343. The van der Waals surface area contributed by atoms with Gasteiger partial charge in [0.05, 0.1) is 6.10 Å². The highest BCUT2D eigenvalue weighted by atomic mass is 16.3. The van der Waals surface area contributed by atoms with E-state index in [2.05, 4.69) is 58.9 Å². The van der Waals surface area contributed by atoms with Crippen molar-refractivity contribution in [3.63, 3.8) is 0 Å². The molecule has 0 bridgehead atoms. The lowest BCUT2D eigenvalue weighted by Crippen LogP contribution is -2.12. The highest BCUT2D eigenvalue weighted by Gasteiger charge is 2.13. The lowest BCUT2D eigenvalue weighted by Gasteiger charge is -2.19. The molecule has 0 aromatic heterocycles. The molecule has 1 atom stereocenters. The van der Waals surface area contributed by atoms with Gasteiger partial charge in [-0.05, 0) is 41.7 Å². The number of aryl methyl sites for hydroxylation is 1. The molecule has 18 heavy (non-hydrogen) atoms. The Labute approximate surface area is 112 Å². The van der Waals surface area contributed by atoms with E-state index in [-0.39, 0.29) is 11.5 Å². The average molecular weight is 248 g/mol. The maximum Gasteiger partial charge on any atom is 0.0545 e. The molecule has 0 aliphatic heterocycles. The maximum absolute atomic E-state index is 9.86. The molecular formula is C17H28O. The first-order valence-corrected chi connectivity index (χ1v) is 7.06. The maximum atomic E-state index is 9.86. The summed E-state index contributed by atoms with van der Waals surface area (Å²) >= 11 is 0. The first-order valence-electron chi connectivity index (χ1n) is 7.06. The summed E-state index contributed by atoms with van der Waals surface area (Å²) in [5.74, 6) is 0.572. The number of rotatable bonds is 5. The van der Waals surface area contributed by atoms with Crippen LogP contribution in [0.3, 0.4) is 0 Å². The van der Waals surface area contributed by atoms with Crippen LogP contribution in [0.25, 0.3) is 0 Å². The molecule has 0 saturated carbocycles. The van der Waals surface area contributed by atoms with Gasteiger partial charge in [-0.25, -0.2) is 0 Å². The summed E-state index contributed by atoms with van der Waals surface area (Å²) in [4.78, 5) is 0. The van der Waals surface area contributed by atoms with Crippen LogP contribution in [0.2, 0.25) is 0 Å². The summed E-state index contributed by atoms with van der Waals surface area (Å²) in [5.41, 5.74) is 2.91. The van der Waals surface area contributed by atoms with E-state index in [1.165, 1.54) is 11.1 Å². The summed E-state index contributed by atoms with van der Waals surface area (Å²) in [6.07, 6.45) is 2.58. The van der Waals surface area contributed by atoms with Gasteiger partial charge in [0.2, 0.25) is 0 Å². The molecule has 0 radical (unpaired) electrons. The van der Waals surface area contributed by atoms with Gasteiger partial charge in [0.15, 0.2) is 0 Å². The number of hydrogen-bond acceptors (Lipinski definition) is 1. The zero-order chi connectivity index (χ0) is 13.8. The van der Waals surface area contributed by atoms with Crippen LogP contribution in [-0.2, 0) is 11.8 Å². The monoisotopic (exact) mass is 248 g/mol. The molecule has 1 nitrogen and oxygen atoms in total. The van der Waals surface area contributed by atoms with Crippen LogP contribution >= 0.6 is 0 Å². The number of benzene rings is 1. The average Bonchev–Trinajstić information content (AvgIpc) is 2.25. The molecule has 0 heterocycles. The second-order valence-corrected chi connectivity index (χ2v) is 6.77. The van der Waals surface area contributed by atoms with Gasteiger partial charge in [-0.1, -0.05) is 58.9 Å². The second-order valence-electron chi connectivity index (χ2n) is 6.77. The van der Waals surface area contributed by atoms with Crippen LogP contribution in [0.5, 0.6) is 0 Å². The molecule has 1 heteroatoms. The lowest BCUT2D eigenvalue weighted by atomic mass is 9.86. The fraction of sp³-hybridized carbons (Fsp3) is 0.647. The smallest absolute Gasteiger partial charge is 0.0545 e. The minimum absolute atomic E-state index is 0.160. The van der Waals surface area contributed by atoms with E-state index < -0.39 is 0 Å². The molecule has 0 fully saturated rings. The summed E-state index contributed by atoms with van der Waals surface area (Å²) in [6, 6.07) is 8.82. The predicted octanol–water partition coefficient (Wildman–Crippen LogP) is 4.32. The third-order valence-electron chi connectivity index (χ3n) is 3.33. The highest BCUT2D eigenvalue weighted by Crippen LogP contribution is 2.22. The van der Waals surface area contributed by atoms with Gasteiger partial charge < -0.3 is 5.11 Å². The van der Waals surface area contributed by atoms with Crippen LogP contribution in [0, 0.1) is 5.92 Å². The molecule has 0 saturated heterocycles. The first kappa shape index (κ1) is 15.2. The van der Waals surface area contributed by atoms with E-state index in [0.29, 0.717) is 5.92 Å². The van der Waals surface area contributed by atoms with Gasteiger partial charge in [-0.3, -0.25) is 0 Å². The molecule has 1 unspecified atom stereocenters. The molecule has 0 aliphatic carbocycles. The molecule has 0 amide bonds. The topological polar surface area (TPSA) is 20.2 Å². The van der Waals surface area contributed by atoms with Crippen molar-refractivity contribution >= 4 is 0 Å². The van der Waals surface area contributed by atoms with Crippen LogP contribution in [0.4, 0.5) is 0 Å². The first-order chi connectivity index (χ1) is 8.29. The molecule has 0 aliphatic rings. The van der Waals surface area contributed by atoms with Crippen LogP contribution in [-0.4, -0.2) is 11.2 Å². The van der Waals surface area contributed by atoms with E-state index in [1.54, 1.807) is 0 Å². The van der Waals surface area contributed by atoms with Crippen LogP contribution < -0.4 is 0 Å². The van der Waals surface area contributed by atoms with Crippen molar-refractivity contribution in [1.29, 1.82) is 0 Å². The Morgan fingerprint density at radius 2 is 1.61 bits per heavy atom. The quantitative estimate of drug-likeness (QED) is 0.822. The van der Waals surface area contributed by atoms with Gasteiger partial charge in [0.1, 0.15) is 0 Å². The van der Waals surface area contributed by atoms with Gasteiger partial charge in [0.25, 0.3) is 0 Å². The molecule has 1 N–H and O–H groups in total. The van der Waals surface area contributed by atoms with E-state index >= 15 is 0 Å². The molecule has 102 valence electrons. The highest BCUT2D eigenvalue weighted by molar-refractivity contribution is 5.27. The van der Waals surface area contributed by atoms with Crippen molar-refractivity contribution in [2.24, 2.45) is 5.92 Å². The minimum atomic E-state index is -0.160. The Morgan fingerprint density at radius 3 is 2.06 bits per heavy atom. The Balaban J connectivity index is 2.49. The Morgan fingerprint density at radius 1 is 1.06 bits per heavy atom. The summed E-state index contributed by atoms with van der Waals surface area (Å²) < 4.78 is 0. The summed E-state index contributed by atoms with van der Waals surface area (Å²) in [5, 5.41) is 9.86. The number of aliphatic hydroxyl groups is 1. The van der Waals surface area contributed by atoms with Crippen molar-refractivity contribution < 1.29 is 5.11 Å². The molecule has 0 spiro atoms. The molecule has 1 aromatic carbocycles. The van der Waals surface area contributed by atoms with Crippen molar-refractivity contribution in [2.45, 2.75) is 65.4 Å². The fourth-order valence-corrected chi connectivity index (χ4v) is 2.17. The van der Waals surface area contributed by atoms with E-state index in [4.69, 9.17) is 0 Å². The SMILES string of the molecule is CC(C)CC(O)CCc1ccc(C(C)(C)C)cc1. The normalized spacial score (nSPS) is 13.9. The fourth-order valence-electron chi connectivity index (χ4n) is 2.17. The largest absolute Gasteiger partial charge is 0.393 e. The van der Waals surface area contributed by atoms with Gasteiger partial charge in [0, 0.05) is 0 Å². The zero-order valence-corrected chi connectivity index (χ0v) is 12.5. The minimum Gasteiger partial charge on any atom is -0.393 e. The Hall–Kier alpha value is -0.820. The third-order valence-corrected chi connectivity index (χ3v) is 3.33. The lowest BCUT2D eigenvalue weighted by molar-refractivity contribution is 0.140. The molecule has 1 aromatic rings. The number of hydrogen-bond donors (Lipinski definition) is 1. The van der Waals surface area contributed by atoms with Crippen LogP contribution in [0.1, 0.15) is 58.6 Å². The van der Waals surface area contributed by atoms with E-state index in [0.717, 1.165) is 19.3 Å². The van der Waals surface area contributed by atoms with Crippen molar-refractivity contribution in [3.05, 3.63) is 35.4 Å². The predicted molar refractivity (Wildman–Crippen MR) is 78.9 cm³/mol.